The Labute approximate surface area is 188 Å². The smallest absolute Gasteiger partial charge is 0.323 e. The Kier molecular flexibility index (Phi) is 7.12. The Bertz CT molecular complexity index is 1050. The second-order valence-electron chi connectivity index (χ2n) is 8.01. The summed E-state index contributed by atoms with van der Waals surface area (Å²) < 4.78 is 5.97. The number of anilines is 1. The summed E-state index contributed by atoms with van der Waals surface area (Å²) in [7, 11) is 0. The Morgan fingerprint density at radius 3 is 2.81 bits per heavy atom. The molecular formula is C26H28N4O2. The molecule has 6 nitrogen and oxygen atoms in total. The number of aromatic nitrogens is 2. The minimum Gasteiger partial charge on any atom is -0.493 e. The van der Waals surface area contributed by atoms with Gasteiger partial charge in [0, 0.05) is 25.7 Å². The first kappa shape index (κ1) is 21.6. The number of hydrogen-bond acceptors (Lipinski definition) is 4. The zero-order valence-corrected chi connectivity index (χ0v) is 18.3. The van der Waals surface area contributed by atoms with Gasteiger partial charge < -0.3 is 9.64 Å². The molecule has 0 aliphatic carbocycles. The van der Waals surface area contributed by atoms with Crippen molar-refractivity contribution in [2.75, 3.05) is 25.0 Å². The summed E-state index contributed by atoms with van der Waals surface area (Å²) >= 11 is 0. The van der Waals surface area contributed by atoms with E-state index in [0.29, 0.717) is 25.5 Å². The standard InChI is InChI=1S/C26H28N4O2/c1-20-19-30(26(31)28-25-11-6-14-27-29-25)15-12-23(20)17-22-9-5-10-24(18-22)32-16-13-21-7-3-2-4-8-21/h2-11,14,17-18,20H,12-13,15-16,19H2,1H3,(H,28,29,31)/b23-17+. The molecule has 1 aromatic heterocycles. The largest absolute Gasteiger partial charge is 0.493 e. The summed E-state index contributed by atoms with van der Waals surface area (Å²) in [6.07, 6.45) is 5.54. The molecule has 0 bridgehead atoms. The lowest BCUT2D eigenvalue weighted by molar-refractivity contribution is 0.197. The molecule has 4 rings (SSSR count). The van der Waals surface area contributed by atoms with E-state index in [1.54, 1.807) is 18.3 Å². The highest BCUT2D eigenvalue weighted by molar-refractivity contribution is 5.88. The van der Waals surface area contributed by atoms with Crippen LogP contribution in [0.15, 0.2) is 78.5 Å². The molecule has 1 saturated heterocycles. The third-order valence-corrected chi connectivity index (χ3v) is 5.60. The molecule has 0 radical (unpaired) electrons. The normalized spacial score (nSPS) is 17.2. The molecule has 3 aromatic rings. The second kappa shape index (κ2) is 10.6. The molecule has 0 saturated carbocycles. The number of amides is 2. The molecule has 164 valence electrons. The molecule has 1 fully saturated rings. The van der Waals surface area contributed by atoms with Crippen LogP contribution in [0.3, 0.4) is 0 Å². The summed E-state index contributed by atoms with van der Waals surface area (Å²) in [6.45, 7) is 4.16. The van der Waals surface area contributed by atoms with Crippen LogP contribution in [0, 0.1) is 5.92 Å². The summed E-state index contributed by atoms with van der Waals surface area (Å²) in [5, 5.41) is 10.5. The Hall–Kier alpha value is -3.67. The van der Waals surface area contributed by atoms with E-state index in [9.17, 15) is 4.79 Å². The molecule has 1 unspecified atom stereocenters. The van der Waals surface area contributed by atoms with Gasteiger partial charge in [0.2, 0.25) is 0 Å². The fourth-order valence-electron chi connectivity index (χ4n) is 3.84. The molecule has 2 heterocycles. The minimum absolute atomic E-state index is 0.134. The highest BCUT2D eigenvalue weighted by atomic mass is 16.5. The summed E-state index contributed by atoms with van der Waals surface area (Å²) in [4.78, 5) is 14.4. The number of rotatable bonds is 6. The molecule has 32 heavy (non-hydrogen) atoms. The van der Waals surface area contributed by atoms with Gasteiger partial charge in [0.1, 0.15) is 5.75 Å². The van der Waals surface area contributed by atoms with Crippen molar-refractivity contribution >= 4 is 17.9 Å². The van der Waals surface area contributed by atoms with E-state index in [1.165, 1.54) is 11.1 Å². The summed E-state index contributed by atoms with van der Waals surface area (Å²) in [6, 6.07) is 21.9. The molecule has 6 heteroatoms. The van der Waals surface area contributed by atoms with Gasteiger partial charge in [-0.25, -0.2) is 4.79 Å². The number of piperidine rings is 1. The van der Waals surface area contributed by atoms with Gasteiger partial charge in [-0.2, -0.15) is 5.10 Å². The zero-order chi connectivity index (χ0) is 22.2. The fraction of sp³-hybridized carbons (Fsp3) is 0.269. The predicted octanol–water partition coefficient (Wildman–Crippen LogP) is 5.06. The van der Waals surface area contributed by atoms with Crippen LogP contribution in [0.1, 0.15) is 24.5 Å². The number of hydrogen-bond donors (Lipinski definition) is 1. The molecule has 2 amide bonds. The number of ether oxygens (including phenoxy) is 1. The van der Waals surface area contributed by atoms with Crippen LogP contribution in [0.4, 0.5) is 10.6 Å². The zero-order valence-electron chi connectivity index (χ0n) is 18.3. The lowest BCUT2D eigenvalue weighted by atomic mass is 9.91. The van der Waals surface area contributed by atoms with Crippen molar-refractivity contribution in [2.45, 2.75) is 19.8 Å². The van der Waals surface area contributed by atoms with Gasteiger partial charge in [-0.05, 0) is 47.7 Å². The lowest BCUT2D eigenvalue weighted by Crippen LogP contribution is -2.42. The van der Waals surface area contributed by atoms with Gasteiger partial charge in [-0.1, -0.05) is 61.0 Å². The Morgan fingerprint density at radius 1 is 1.16 bits per heavy atom. The predicted molar refractivity (Wildman–Crippen MR) is 126 cm³/mol. The molecule has 0 spiro atoms. The van der Waals surface area contributed by atoms with Crippen molar-refractivity contribution in [3.63, 3.8) is 0 Å². The van der Waals surface area contributed by atoms with E-state index in [4.69, 9.17) is 4.74 Å². The maximum atomic E-state index is 12.5. The first-order valence-electron chi connectivity index (χ1n) is 11.0. The number of likely N-dealkylation sites (tertiary alicyclic amines) is 1. The van der Waals surface area contributed by atoms with E-state index in [0.717, 1.165) is 24.2 Å². The number of urea groups is 1. The van der Waals surface area contributed by atoms with Crippen molar-refractivity contribution in [2.24, 2.45) is 5.92 Å². The average Bonchev–Trinajstić information content (AvgIpc) is 2.82. The number of benzene rings is 2. The fourth-order valence-corrected chi connectivity index (χ4v) is 3.84. The van der Waals surface area contributed by atoms with Crippen molar-refractivity contribution in [3.8, 4) is 5.75 Å². The number of nitrogens with zero attached hydrogens (tertiary/aromatic N) is 3. The van der Waals surface area contributed by atoms with Gasteiger partial charge in [0.15, 0.2) is 5.82 Å². The van der Waals surface area contributed by atoms with E-state index in [-0.39, 0.29) is 11.9 Å². The Morgan fingerprint density at radius 2 is 2.03 bits per heavy atom. The van der Waals surface area contributed by atoms with Gasteiger partial charge in [-0.15, -0.1) is 5.10 Å². The quantitative estimate of drug-likeness (QED) is 0.596. The van der Waals surface area contributed by atoms with E-state index in [2.05, 4.69) is 52.8 Å². The molecule has 1 aliphatic rings. The van der Waals surface area contributed by atoms with Gasteiger partial charge in [0.25, 0.3) is 0 Å². The van der Waals surface area contributed by atoms with Crippen LogP contribution in [0.5, 0.6) is 5.75 Å². The molecule has 2 aromatic carbocycles. The van der Waals surface area contributed by atoms with Crippen LogP contribution in [0.25, 0.3) is 6.08 Å². The maximum Gasteiger partial charge on any atom is 0.323 e. The van der Waals surface area contributed by atoms with Crippen molar-refractivity contribution in [1.29, 1.82) is 0 Å². The molecular weight excluding hydrogens is 400 g/mol. The van der Waals surface area contributed by atoms with E-state index in [1.807, 2.05) is 35.2 Å². The summed E-state index contributed by atoms with van der Waals surface area (Å²) in [5.41, 5.74) is 3.74. The number of nitrogens with one attached hydrogen (secondary N) is 1. The molecule has 1 aliphatic heterocycles. The SMILES string of the molecule is CC1CN(C(=O)Nc2cccnn2)CC/C1=C\c1cccc(OCCc2ccccc2)c1. The van der Waals surface area contributed by atoms with Crippen molar-refractivity contribution in [3.05, 3.63) is 89.6 Å². The topological polar surface area (TPSA) is 67.4 Å². The summed E-state index contributed by atoms with van der Waals surface area (Å²) in [5.74, 6) is 1.62. The third-order valence-electron chi connectivity index (χ3n) is 5.60. The van der Waals surface area contributed by atoms with E-state index >= 15 is 0 Å². The van der Waals surface area contributed by atoms with Crippen LogP contribution in [-0.4, -0.2) is 40.8 Å². The van der Waals surface area contributed by atoms with Crippen LogP contribution in [0.2, 0.25) is 0 Å². The average molecular weight is 429 g/mol. The number of carbonyl (C=O) groups is 1. The highest BCUT2D eigenvalue weighted by Gasteiger charge is 2.24. The van der Waals surface area contributed by atoms with Gasteiger partial charge in [-0.3, -0.25) is 5.32 Å². The van der Waals surface area contributed by atoms with Crippen LogP contribution >= 0.6 is 0 Å². The molecule has 1 N–H and O–H groups in total. The highest BCUT2D eigenvalue weighted by Crippen LogP contribution is 2.26. The van der Waals surface area contributed by atoms with Crippen LogP contribution < -0.4 is 10.1 Å². The van der Waals surface area contributed by atoms with Gasteiger partial charge >= 0.3 is 6.03 Å². The third kappa shape index (κ3) is 5.94. The van der Waals surface area contributed by atoms with Gasteiger partial charge in [0.05, 0.1) is 6.61 Å². The Balaban J connectivity index is 1.32. The molecule has 1 atom stereocenters. The lowest BCUT2D eigenvalue weighted by Gasteiger charge is -2.33. The first-order chi connectivity index (χ1) is 15.7. The monoisotopic (exact) mass is 428 g/mol. The first-order valence-corrected chi connectivity index (χ1v) is 11.0. The van der Waals surface area contributed by atoms with Crippen LogP contribution in [-0.2, 0) is 6.42 Å². The number of carbonyl (C=O) groups excluding carboxylic acids is 1. The second-order valence-corrected chi connectivity index (χ2v) is 8.01. The maximum absolute atomic E-state index is 12.5. The van der Waals surface area contributed by atoms with Crippen molar-refractivity contribution < 1.29 is 9.53 Å². The van der Waals surface area contributed by atoms with E-state index < -0.39 is 0 Å². The van der Waals surface area contributed by atoms with Crippen molar-refractivity contribution in [1.82, 2.24) is 15.1 Å². The minimum atomic E-state index is -0.134.